The van der Waals surface area contributed by atoms with E-state index < -0.39 is 11.4 Å². The van der Waals surface area contributed by atoms with E-state index in [1.54, 1.807) is 0 Å². The molecule has 4 heteroatoms. The highest BCUT2D eigenvalue weighted by Crippen LogP contribution is 2.11. The van der Waals surface area contributed by atoms with E-state index in [1.807, 2.05) is 20.8 Å². The van der Waals surface area contributed by atoms with E-state index in [-0.39, 0.29) is 12.5 Å². The molecular formula is C10H18N2O2. The summed E-state index contributed by atoms with van der Waals surface area (Å²) in [6, 6.07) is 2.32. The molecule has 0 aromatic heterocycles. The molecule has 14 heavy (non-hydrogen) atoms. The van der Waals surface area contributed by atoms with Gasteiger partial charge in [0.05, 0.1) is 11.5 Å². The first-order valence-electron chi connectivity index (χ1n) is 4.74. The summed E-state index contributed by atoms with van der Waals surface area (Å²) in [6.07, 6.45) is 0.762. The average molecular weight is 198 g/mol. The summed E-state index contributed by atoms with van der Waals surface area (Å²) in [5, 5.41) is 20.3. The van der Waals surface area contributed by atoms with Crippen molar-refractivity contribution in [1.29, 1.82) is 5.26 Å². The van der Waals surface area contributed by atoms with Crippen LogP contribution in [0.15, 0.2) is 0 Å². The molecule has 0 bridgehead atoms. The highest BCUT2D eigenvalue weighted by Gasteiger charge is 2.17. The Kier molecular flexibility index (Phi) is 5.18. The van der Waals surface area contributed by atoms with Gasteiger partial charge in [0.1, 0.15) is 0 Å². The van der Waals surface area contributed by atoms with Gasteiger partial charge in [0.2, 0.25) is 0 Å². The monoisotopic (exact) mass is 198 g/mol. The molecule has 80 valence electrons. The molecule has 0 aromatic carbocycles. The number of aliphatic carboxylic acids is 1. The summed E-state index contributed by atoms with van der Waals surface area (Å²) in [5.41, 5.74) is -0.391. The maximum atomic E-state index is 10.3. The van der Waals surface area contributed by atoms with Crippen LogP contribution in [0.3, 0.4) is 0 Å². The van der Waals surface area contributed by atoms with Crippen LogP contribution < -0.4 is 5.32 Å². The van der Waals surface area contributed by atoms with Gasteiger partial charge >= 0.3 is 5.97 Å². The number of hydrogen-bond acceptors (Lipinski definition) is 3. The molecule has 1 atom stereocenters. The minimum atomic E-state index is -0.779. The molecule has 1 unspecified atom stereocenters. The van der Waals surface area contributed by atoms with Crippen LogP contribution in [0, 0.1) is 16.7 Å². The molecule has 0 heterocycles. The standard InChI is InChI=1S/C10H18N2O2/c1-8(4-5-9(13)14)12-7-10(2,3)6-11/h8,12H,4-5,7H2,1-3H3,(H,13,14). The van der Waals surface area contributed by atoms with Crippen LogP contribution in [0.1, 0.15) is 33.6 Å². The van der Waals surface area contributed by atoms with Gasteiger partial charge in [0, 0.05) is 19.0 Å². The lowest BCUT2D eigenvalue weighted by molar-refractivity contribution is -0.137. The van der Waals surface area contributed by atoms with E-state index in [1.165, 1.54) is 0 Å². The second-order valence-corrected chi connectivity index (χ2v) is 4.21. The normalized spacial score (nSPS) is 13.3. The largest absolute Gasteiger partial charge is 0.481 e. The lowest BCUT2D eigenvalue weighted by Crippen LogP contribution is -2.35. The molecular weight excluding hydrogens is 180 g/mol. The molecule has 0 aliphatic heterocycles. The Morgan fingerprint density at radius 3 is 2.64 bits per heavy atom. The molecule has 2 N–H and O–H groups in total. The molecule has 0 spiro atoms. The van der Waals surface area contributed by atoms with Gasteiger partial charge in [0.25, 0.3) is 0 Å². The van der Waals surface area contributed by atoms with Crippen molar-refractivity contribution < 1.29 is 9.90 Å². The average Bonchev–Trinajstić information content (AvgIpc) is 2.11. The Balaban J connectivity index is 3.70. The van der Waals surface area contributed by atoms with E-state index in [0.717, 1.165) is 0 Å². The van der Waals surface area contributed by atoms with Gasteiger partial charge in [-0.3, -0.25) is 4.79 Å². The highest BCUT2D eigenvalue weighted by molar-refractivity contribution is 5.66. The molecule has 0 fully saturated rings. The number of carboxylic acids is 1. The van der Waals surface area contributed by atoms with Crippen LogP contribution >= 0.6 is 0 Å². The number of carbonyl (C=O) groups is 1. The Morgan fingerprint density at radius 2 is 2.21 bits per heavy atom. The van der Waals surface area contributed by atoms with Gasteiger partial charge in [-0.2, -0.15) is 5.26 Å². The van der Waals surface area contributed by atoms with Crippen molar-refractivity contribution in [2.75, 3.05) is 6.54 Å². The summed E-state index contributed by atoms with van der Waals surface area (Å²) in [6.45, 7) is 6.22. The van der Waals surface area contributed by atoms with Gasteiger partial charge in [-0.25, -0.2) is 0 Å². The van der Waals surface area contributed by atoms with Crippen LogP contribution in [-0.4, -0.2) is 23.7 Å². The summed E-state index contributed by atoms with van der Waals surface area (Å²) < 4.78 is 0. The number of carboxylic acid groups (broad SMARTS) is 1. The zero-order valence-electron chi connectivity index (χ0n) is 9.00. The fraction of sp³-hybridized carbons (Fsp3) is 0.800. The van der Waals surface area contributed by atoms with E-state index in [4.69, 9.17) is 10.4 Å². The Hall–Kier alpha value is -1.08. The summed E-state index contributed by atoms with van der Waals surface area (Å²) in [7, 11) is 0. The topological polar surface area (TPSA) is 73.1 Å². The number of nitrogens with zero attached hydrogens (tertiary/aromatic N) is 1. The lowest BCUT2D eigenvalue weighted by Gasteiger charge is -2.19. The Labute approximate surface area is 84.9 Å². The summed E-state index contributed by atoms with van der Waals surface area (Å²) >= 11 is 0. The second kappa shape index (κ2) is 5.61. The summed E-state index contributed by atoms with van der Waals surface area (Å²) in [5.74, 6) is -0.779. The number of nitrogens with one attached hydrogen (secondary N) is 1. The number of rotatable bonds is 6. The minimum Gasteiger partial charge on any atom is -0.481 e. The predicted octanol–water partition coefficient (Wildman–Crippen LogP) is 1.38. The molecule has 4 nitrogen and oxygen atoms in total. The maximum absolute atomic E-state index is 10.3. The number of nitriles is 1. The van der Waals surface area contributed by atoms with Crippen molar-refractivity contribution in [2.24, 2.45) is 5.41 Å². The van der Waals surface area contributed by atoms with Crippen LogP contribution in [0.2, 0.25) is 0 Å². The third-order valence-electron chi connectivity index (χ3n) is 1.99. The van der Waals surface area contributed by atoms with E-state index >= 15 is 0 Å². The first kappa shape index (κ1) is 12.9. The zero-order chi connectivity index (χ0) is 11.2. The fourth-order valence-electron chi connectivity index (χ4n) is 0.911. The van der Waals surface area contributed by atoms with Gasteiger partial charge in [0.15, 0.2) is 0 Å². The van der Waals surface area contributed by atoms with Gasteiger partial charge in [-0.05, 0) is 27.2 Å². The van der Waals surface area contributed by atoms with Crippen LogP contribution in [0.5, 0.6) is 0 Å². The zero-order valence-corrected chi connectivity index (χ0v) is 9.00. The Morgan fingerprint density at radius 1 is 1.64 bits per heavy atom. The fourth-order valence-corrected chi connectivity index (χ4v) is 0.911. The summed E-state index contributed by atoms with van der Waals surface area (Å²) in [4.78, 5) is 10.3. The molecule has 0 amide bonds. The lowest BCUT2D eigenvalue weighted by atomic mass is 9.95. The van der Waals surface area contributed by atoms with Crippen molar-refractivity contribution >= 4 is 5.97 Å². The maximum Gasteiger partial charge on any atom is 0.303 e. The van der Waals surface area contributed by atoms with Crippen molar-refractivity contribution in [3.8, 4) is 6.07 Å². The van der Waals surface area contributed by atoms with Gasteiger partial charge in [-0.1, -0.05) is 0 Å². The van der Waals surface area contributed by atoms with Gasteiger partial charge in [-0.15, -0.1) is 0 Å². The van der Waals surface area contributed by atoms with Crippen molar-refractivity contribution in [2.45, 2.75) is 39.7 Å². The van der Waals surface area contributed by atoms with Crippen LogP contribution in [0.25, 0.3) is 0 Å². The van der Waals surface area contributed by atoms with Crippen LogP contribution in [0.4, 0.5) is 0 Å². The molecule has 0 saturated carbocycles. The molecule has 0 rings (SSSR count). The molecule has 0 aromatic rings. The molecule has 0 aliphatic rings. The van der Waals surface area contributed by atoms with E-state index in [2.05, 4.69) is 11.4 Å². The van der Waals surface area contributed by atoms with Crippen molar-refractivity contribution in [1.82, 2.24) is 5.32 Å². The smallest absolute Gasteiger partial charge is 0.303 e. The second-order valence-electron chi connectivity index (χ2n) is 4.21. The van der Waals surface area contributed by atoms with Crippen molar-refractivity contribution in [3.63, 3.8) is 0 Å². The molecule has 0 saturated heterocycles. The van der Waals surface area contributed by atoms with Crippen LogP contribution in [-0.2, 0) is 4.79 Å². The van der Waals surface area contributed by atoms with Gasteiger partial charge < -0.3 is 10.4 Å². The van der Waals surface area contributed by atoms with E-state index in [9.17, 15) is 4.79 Å². The quantitative estimate of drug-likeness (QED) is 0.676. The minimum absolute atomic E-state index is 0.138. The third kappa shape index (κ3) is 6.44. The van der Waals surface area contributed by atoms with E-state index in [0.29, 0.717) is 13.0 Å². The molecule has 0 aliphatic carbocycles. The first-order valence-corrected chi connectivity index (χ1v) is 4.74. The third-order valence-corrected chi connectivity index (χ3v) is 1.99. The predicted molar refractivity (Wildman–Crippen MR) is 53.7 cm³/mol. The highest BCUT2D eigenvalue weighted by atomic mass is 16.4. The SMILES string of the molecule is CC(CCC(=O)O)NCC(C)(C)C#N. The number of hydrogen-bond donors (Lipinski definition) is 2. The Bertz CT molecular complexity index is 231. The van der Waals surface area contributed by atoms with Crippen molar-refractivity contribution in [3.05, 3.63) is 0 Å². The first-order chi connectivity index (χ1) is 6.37. The molecule has 0 radical (unpaired) electrons.